The molecule has 0 saturated carbocycles. The lowest BCUT2D eigenvalue weighted by molar-refractivity contribution is 0.0963. The van der Waals surface area contributed by atoms with Crippen molar-refractivity contribution in [1.82, 2.24) is 16.0 Å². The van der Waals surface area contributed by atoms with Gasteiger partial charge in [-0.1, -0.05) is 38.1 Å². The van der Waals surface area contributed by atoms with Gasteiger partial charge in [-0.3, -0.25) is 4.79 Å². The second-order valence-corrected chi connectivity index (χ2v) is 7.22. The molecule has 0 aliphatic heterocycles. The smallest absolute Gasteiger partial charge is 0.251 e. The van der Waals surface area contributed by atoms with Crippen LogP contribution in [-0.4, -0.2) is 32.0 Å². The zero-order valence-corrected chi connectivity index (χ0v) is 17.0. The summed E-state index contributed by atoms with van der Waals surface area (Å²) in [5.41, 5.74) is 2.31. The summed E-state index contributed by atoms with van der Waals surface area (Å²) in [6, 6.07) is 14.1. The summed E-state index contributed by atoms with van der Waals surface area (Å²) in [6.45, 7) is 7.97. The Balaban J connectivity index is 2.02. The Morgan fingerprint density at radius 3 is 2.43 bits per heavy atom. The van der Waals surface area contributed by atoms with Gasteiger partial charge in [0, 0.05) is 31.1 Å². The summed E-state index contributed by atoms with van der Waals surface area (Å²) in [5, 5.41) is 9.17. The summed E-state index contributed by atoms with van der Waals surface area (Å²) < 4.78 is 13.5. The minimum atomic E-state index is -0.256. The maximum atomic E-state index is 13.5. The van der Waals surface area contributed by atoms with Crippen molar-refractivity contribution in [2.75, 3.05) is 20.1 Å². The van der Waals surface area contributed by atoms with Crippen LogP contribution in [0.2, 0.25) is 0 Å². The van der Waals surface area contributed by atoms with Gasteiger partial charge in [0.2, 0.25) is 0 Å². The first-order valence-electron chi connectivity index (χ1n) is 9.45. The Hall–Kier alpha value is -2.89. The summed E-state index contributed by atoms with van der Waals surface area (Å²) in [7, 11) is 1.61. The van der Waals surface area contributed by atoms with E-state index in [1.165, 1.54) is 6.07 Å². The van der Waals surface area contributed by atoms with Gasteiger partial charge in [0.1, 0.15) is 5.82 Å². The zero-order valence-electron chi connectivity index (χ0n) is 17.0. The molecule has 0 unspecified atom stereocenters. The molecule has 3 N–H and O–H groups in total. The third kappa shape index (κ3) is 6.08. The number of nitrogens with zero attached hydrogens (tertiary/aromatic N) is 1. The van der Waals surface area contributed by atoms with Crippen LogP contribution in [0.3, 0.4) is 0 Å². The molecule has 2 aromatic rings. The molecule has 0 aromatic heterocycles. The largest absolute Gasteiger partial charge is 0.357 e. The average Bonchev–Trinajstić information content (AvgIpc) is 2.70. The van der Waals surface area contributed by atoms with Crippen molar-refractivity contribution in [2.24, 2.45) is 4.99 Å². The molecule has 6 heteroatoms. The number of carbonyl (C=O) groups is 1. The molecular weight excluding hydrogens is 355 g/mol. The Morgan fingerprint density at radius 1 is 1.11 bits per heavy atom. The summed E-state index contributed by atoms with van der Waals surface area (Å²) in [4.78, 5) is 16.2. The normalized spacial score (nSPS) is 11.8. The van der Waals surface area contributed by atoms with E-state index in [2.05, 4.69) is 34.8 Å². The molecule has 0 heterocycles. The molecule has 0 aliphatic carbocycles. The van der Waals surface area contributed by atoms with E-state index in [1.807, 2.05) is 25.1 Å². The molecule has 0 bridgehead atoms. The number of carbonyl (C=O) groups excluding carboxylic acids is 1. The van der Waals surface area contributed by atoms with E-state index < -0.39 is 0 Å². The number of guanidine groups is 1. The van der Waals surface area contributed by atoms with Crippen LogP contribution in [0.15, 0.2) is 53.5 Å². The van der Waals surface area contributed by atoms with Gasteiger partial charge in [0.15, 0.2) is 5.96 Å². The predicted molar refractivity (Wildman–Crippen MR) is 112 cm³/mol. The van der Waals surface area contributed by atoms with Crippen LogP contribution in [0.4, 0.5) is 4.39 Å². The molecule has 0 radical (unpaired) electrons. The molecule has 0 atom stereocenters. The van der Waals surface area contributed by atoms with Crippen molar-refractivity contribution in [3.63, 3.8) is 0 Å². The molecule has 0 aliphatic rings. The lowest BCUT2D eigenvalue weighted by Gasteiger charge is -2.27. The van der Waals surface area contributed by atoms with E-state index in [0.29, 0.717) is 24.6 Å². The van der Waals surface area contributed by atoms with Gasteiger partial charge in [-0.05, 0) is 42.3 Å². The average molecular weight is 384 g/mol. The molecule has 0 saturated heterocycles. The standard InChI is InChI=1S/C22H29FN4O/c1-5-25-21(26-14-16-9-11-17(12-10-16)20(28)24-4)27-15-22(2,3)18-7-6-8-19(23)13-18/h6-13H,5,14-15H2,1-4H3,(H,24,28)(H2,25,26,27). The molecule has 0 spiro atoms. The van der Waals surface area contributed by atoms with Crippen LogP contribution >= 0.6 is 0 Å². The van der Waals surface area contributed by atoms with Crippen molar-refractivity contribution in [3.05, 3.63) is 71.0 Å². The SMILES string of the molecule is CCNC(=NCc1ccc(C(=O)NC)cc1)NCC(C)(C)c1cccc(F)c1. The Morgan fingerprint density at radius 2 is 1.82 bits per heavy atom. The number of rotatable bonds is 7. The highest BCUT2D eigenvalue weighted by molar-refractivity contribution is 5.93. The van der Waals surface area contributed by atoms with Gasteiger partial charge in [-0.2, -0.15) is 0 Å². The number of hydrogen-bond donors (Lipinski definition) is 3. The summed E-state index contributed by atoms with van der Waals surface area (Å²) in [6.07, 6.45) is 0. The molecule has 2 aromatic carbocycles. The first-order chi connectivity index (χ1) is 13.4. The number of amides is 1. The predicted octanol–water partition coefficient (Wildman–Crippen LogP) is 3.22. The first-order valence-corrected chi connectivity index (χ1v) is 9.45. The quantitative estimate of drug-likeness (QED) is 0.507. The van der Waals surface area contributed by atoms with E-state index >= 15 is 0 Å². The van der Waals surface area contributed by atoms with Crippen molar-refractivity contribution < 1.29 is 9.18 Å². The number of benzene rings is 2. The van der Waals surface area contributed by atoms with Gasteiger partial charge < -0.3 is 16.0 Å². The fraction of sp³-hybridized carbons (Fsp3) is 0.364. The van der Waals surface area contributed by atoms with Gasteiger partial charge in [-0.25, -0.2) is 9.38 Å². The van der Waals surface area contributed by atoms with Crippen molar-refractivity contribution in [3.8, 4) is 0 Å². The third-order valence-electron chi connectivity index (χ3n) is 4.51. The lowest BCUT2D eigenvalue weighted by atomic mass is 9.84. The maximum Gasteiger partial charge on any atom is 0.251 e. The van der Waals surface area contributed by atoms with Crippen LogP contribution in [0, 0.1) is 5.82 Å². The molecule has 150 valence electrons. The molecule has 1 amide bonds. The monoisotopic (exact) mass is 384 g/mol. The van der Waals surface area contributed by atoms with E-state index in [9.17, 15) is 9.18 Å². The van der Waals surface area contributed by atoms with Gasteiger partial charge >= 0.3 is 0 Å². The second-order valence-electron chi connectivity index (χ2n) is 7.22. The van der Waals surface area contributed by atoms with E-state index in [0.717, 1.165) is 17.7 Å². The Bertz CT molecular complexity index is 816. The number of hydrogen-bond acceptors (Lipinski definition) is 2. The van der Waals surface area contributed by atoms with Crippen LogP contribution in [-0.2, 0) is 12.0 Å². The first kappa shape index (κ1) is 21.4. The summed E-state index contributed by atoms with van der Waals surface area (Å²) >= 11 is 0. The highest BCUT2D eigenvalue weighted by Gasteiger charge is 2.21. The van der Waals surface area contributed by atoms with Crippen molar-refractivity contribution in [1.29, 1.82) is 0 Å². The Labute approximate surface area is 166 Å². The van der Waals surface area contributed by atoms with Crippen LogP contribution < -0.4 is 16.0 Å². The highest BCUT2D eigenvalue weighted by Crippen LogP contribution is 2.22. The van der Waals surface area contributed by atoms with Gasteiger partial charge in [-0.15, -0.1) is 0 Å². The number of aliphatic imine (C=N–C) groups is 1. The third-order valence-corrected chi connectivity index (χ3v) is 4.51. The molecular formula is C22H29FN4O. The van der Waals surface area contributed by atoms with Crippen LogP contribution in [0.25, 0.3) is 0 Å². The second kappa shape index (κ2) is 9.88. The Kier molecular flexibility index (Phi) is 7.55. The van der Waals surface area contributed by atoms with E-state index in [-0.39, 0.29) is 17.1 Å². The maximum absolute atomic E-state index is 13.5. The minimum absolute atomic E-state index is 0.107. The van der Waals surface area contributed by atoms with Crippen molar-refractivity contribution in [2.45, 2.75) is 32.7 Å². The highest BCUT2D eigenvalue weighted by atomic mass is 19.1. The lowest BCUT2D eigenvalue weighted by Crippen LogP contribution is -2.43. The van der Waals surface area contributed by atoms with E-state index in [4.69, 9.17) is 0 Å². The molecule has 0 fully saturated rings. The topological polar surface area (TPSA) is 65.5 Å². The fourth-order valence-electron chi connectivity index (χ4n) is 2.73. The van der Waals surface area contributed by atoms with Crippen molar-refractivity contribution >= 4 is 11.9 Å². The van der Waals surface area contributed by atoms with Gasteiger partial charge in [0.05, 0.1) is 6.54 Å². The fourth-order valence-corrected chi connectivity index (χ4v) is 2.73. The van der Waals surface area contributed by atoms with Crippen LogP contribution in [0.5, 0.6) is 0 Å². The van der Waals surface area contributed by atoms with E-state index in [1.54, 1.807) is 31.3 Å². The number of nitrogens with one attached hydrogen (secondary N) is 3. The summed E-state index contributed by atoms with van der Waals surface area (Å²) in [5.74, 6) is 0.360. The van der Waals surface area contributed by atoms with Crippen LogP contribution in [0.1, 0.15) is 42.3 Å². The zero-order chi connectivity index (χ0) is 20.6. The molecule has 5 nitrogen and oxygen atoms in total. The minimum Gasteiger partial charge on any atom is -0.357 e. The molecule has 28 heavy (non-hydrogen) atoms. The molecule has 2 rings (SSSR count). The van der Waals surface area contributed by atoms with Gasteiger partial charge in [0.25, 0.3) is 5.91 Å². The number of halogens is 1.